The Hall–Kier alpha value is -1.68. The van der Waals surface area contributed by atoms with E-state index in [1.54, 1.807) is 18.2 Å². The normalized spacial score (nSPS) is 19.9. The Labute approximate surface area is 138 Å². The number of rotatable bonds is 5. The smallest absolute Gasteiger partial charge is 0.244 e. The number of carbonyl (C=O) groups excluding carboxylic acids is 1. The number of nitrogens with one attached hydrogen (secondary N) is 1. The van der Waals surface area contributed by atoms with Crippen molar-refractivity contribution in [2.75, 3.05) is 19.6 Å². The third-order valence-electron chi connectivity index (χ3n) is 4.51. The Bertz CT molecular complexity index is 551. The summed E-state index contributed by atoms with van der Waals surface area (Å²) in [5.41, 5.74) is 0.763. The summed E-state index contributed by atoms with van der Waals surface area (Å²) in [5.74, 6) is 0.327. The second kappa shape index (κ2) is 7.73. The highest BCUT2D eigenvalue weighted by Gasteiger charge is 2.30. The van der Waals surface area contributed by atoms with Crippen LogP contribution in [0.1, 0.15) is 39.2 Å². The summed E-state index contributed by atoms with van der Waals surface area (Å²) >= 11 is 0. The molecule has 1 amide bonds. The van der Waals surface area contributed by atoms with E-state index in [1.165, 1.54) is 31.1 Å². The van der Waals surface area contributed by atoms with Crippen molar-refractivity contribution in [1.29, 1.82) is 0 Å². The molecule has 1 aromatic rings. The van der Waals surface area contributed by atoms with Gasteiger partial charge in [0, 0.05) is 24.7 Å². The van der Waals surface area contributed by atoms with E-state index < -0.39 is 0 Å². The molecule has 0 spiro atoms. The van der Waals surface area contributed by atoms with E-state index in [0.29, 0.717) is 6.54 Å². The van der Waals surface area contributed by atoms with Crippen LogP contribution in [-0.2, 0) is 4.79 Å². The Morgan fingerprint density at radius 1 is 1.39 bits per heavy atom. The number of hydrogen-bond acceptors (Lipinski definition) is 2. The monoisotopic (exact) mass is 318 g/mol. The van der Waals surface area contributed by atoms with Gasteiger partial charge in [0.1, 0.15) is 5.82 Å². The van der Waals surface area contributed by atoms with E-state index in [2.05, 4.69) is 31.0 Å². The van der Waals surface area contributed by atoms with E-state index in [4.69, 9.17) is 0 Å². The predicted octanol–water partition coefficient (Wildman–Crippen LogP) is 3.47. The summed E-state index contributed by atoms with van der Waals surface area (Å²) in [6.45, 7) is 9.44. The average molecular weight is 318 g/mol. The first-order valence-electron chi connectivity index (χ1n) is 8.33. The summed E-state index contributed by atoms with van der Waals surface area (Å²) in [4.78, 5) is 14.5. The zero-order valence-corrected chi connectivity index (χ0v) is 14.3. The van der Waals surface area contributed by atoms with Gasteiger partial charge < -0.3 is 5.32 Å². The first kappa shape index (κ1) is 17.7. The number of amides is 1. The van der Waals surface area contributed by atoms with Crippen molar-refractivity contribution in [2.45, 2.75) is 39.2 Å². The van der Waals surface area contributed by atoms with Crippen LogP contribution >= 0.6 is 0 Å². The molecule has 1 atom stereocenters. The number of nitrogens with zero attached hydrogens (tertiary/aromatic N) is 1. The Balaban J connectivity index is 1.84. The maximum atomic E-state index is 12.8. The molecule has 0 bridgehead atoms. The van der Waals surface area contributed by atoms with Crippen molar-refractivity contribution in [3.8, 4) is 0 Å². The van der Waals surface area contributed by atoms with E-state index in [1.807, 2.05) is 0 Å². The minimum absolute atomic E-state index is 0.0476. The lowest BCUT2D eigenvalue weighted by molar-refractivity contribution is -0.117. The van der Waals surface area contributed by atoms with Gasteiger partial charge in [-0.05, 0) is 62.9 Å². The molecule has 0 aromatic heterocycles. The topological polar surface area (TPSA) is 32.3 Å². The largest absolute Gasteiger partial charge is 0.351 e. The van der Waals surface area contributed by atoms with Gasteiger partial charge in [0.05, 0.1) is 0 Å². The van der Waals surface area contributed by atoms with Gasteiger partial charge in [-0.15, -0.1) is 0 Å². The second-order valence-corrected chi connectivity index (χ2v) is 7.11. The number of benzene rings is 1. The Morgan fingerprint density at radius 2 is 2.09 bits per heavy atom. The number of piperidine rings is 1. The van der Waals surface area contributed by atoms with Crippen LogP contribution in [0.5, 0.6) is 0 Å². The summed E-state index contributed by atoms with van der Waals surface area (Å²) in [5, 5.41) is 2.98. The molecule has 0 radical (unpaired) electrons. The second-order valence-electron chi connectivity index (χ2n) is 7.11. The fraction of sp³-hybridized carbons (Fsp3) is 0.526. The van der Waals surface area contributed by atoms with E-state index in [9.17, 15) is 9.18 Å². The quantitative estimate of drug-likeness (QED) is 0.843. The molecule has 1 aromatic carbocycles. The first-order valence-corrected chi connectivity index (χ1v) is 8.33. The first-order chi connectivity index (χ1) is 10.9. The number of likely N-dealkylation sites (tertiary alicyclic amines) is 1. The molecule has 3 nitrogen and oxygen atoms in total. The van der Waals surface area contributed by atoms with Gasteiger partial charge in [-0.1, -0.05) is 19.1 Å². The molecule has 1 aliphatic rings. The van der Waals surface area contributed by atoms with Crippen LogP contribution in [0.25, 0.3) is 6.08 Å². The summed E-state index contributed by atoms with van der Waals surface area (Å²) in [6, 6.07) is 6.08. The van der Waals surface area contributed by atoms with Crippen molar-refractivity contribution in [3.63, 3.8) is 0 Å². The van der Waals surface area contributed by atoms with Gasteiger partial charge in [0.25, 0.3) is 0 Å². The molecular formula is C19H27FN2O. The molecule has 1 aliphatic heterocycles. The standard InChI is InChI=1S/C19H27FN2O/c1-15-5-4-12-22(13-15)19(2,3)14-21-18(23)11-8-16-6-9-17(20)10-7-16/h6-11,15H,4-5,12-14H2,1-3H3,(H,21,23)/b11-8+. The minimum Gasteiger partial charge on any atom is -0.351 e. The fourth-order valence-electron chi connectivity index (χ4n) is 2.96. The molecule has 0 saturated carbocycles. The Kier molecular flexibility index (Phi) is 5.94. The average Bonchev–Trinajstić information content (AvgIpc) is 2.52. The lowest BCUT2D eigenvalue weighted by Gasteiger charge is -2.43. The molecule has 1 unspecified atom stereocenters. The molecule has 4 heteroatoms. The minimum atomic E-state index is -0.274. The van der Waals surface area contributed by atoms with Crippen LogP contribution in [-0.4, -0.2) is 36.0 Å². The van der Waals surface area contributed by atoms with Crippen molar-refractivity contribution in [1.82, 2.24) is 10.2 Å². The molecule has 1 saturated heterocycles. The maximum Gasteiger partial charge on any atom is 0.244 e. The molecule has 1 heterocycles. The zero-order chi connectivity index (χ0) is 16.9. The van der Waals surface area contributed by atoms with Crippen LogP contribution < -0.4 is 5.32 Å². The highest BCUT2D eigenvalue weighted by atomic mass is 19.1. The molecule has 23 heavy (non-hydrogen) atoms. The third-order valence-corrected chi connectivity index (χ3v) is 4.51. The van der Waals surface area contributed by atoms with Gasteiger partial charge in [-0.25, -0.2) is 4.39 Å². The van der Waals surface area contributed by atoms with Crippen molar-refractivity contribution >= 4 is 12.0 Å². The summed E-state index contributed by atoms with van der Waals surface area (Å²) in [7, 11) is 0. The molecular weight excluding hydrogens is 291 g/mol. The van der Waals surface area contributed by atoms with Crippen LogP contribution in [0.2, 0.25) is 0 Å². The maximum absolute atomic E-state index is 12.8. The third kappa shape index (κ3) is 5.47. The molecule has 0 aliphatic carbocycles. The lowest BCUT2D eigenvalue weighted by atomic mass is 9.93. The van der Waals surface area contributed by atoms with Crippen molar-refractivity contribution < 1.29 is 9.18 Å². The summed E-state index contributed by atoms with van der Waals surface area (Å²) in [6.07, 6.45) is 5.72. The van der Waals surface area contributed by atoms with Gasteiger partial charge in [-0.3, -0.25) is 9.69 Å². The van der Waals surface area contributed by atoms with Crippen LogP contribution in [0, 0.1) is 11.7 Å². The van der Waals surface area contributed by atoms with Gasteiger partial charge in [-0.2, -0.15) is 0 Å². The molecule has 2 rings (SSSR count). The molecule has 1 fully saturated rings. The highest BCUT2D eigenvalue weighted by molar-refractivity contribution is 5.91. The van der Waals surface area contributed by atoms with Crippen LogP contribution in [0.4, 0.5) is 4.39 Å². The number of hydrogen-bond donors (Lipinski definition) is 1. The molecule has 1 N–H and O–H groups in total. The van der Waals surface area contributed by atoms with Crippen LogP contribution in [0.3, 0.4) is 0 Å². The number of halogens is 1. The Morgan fingerprint density at radius 3 is 2.74 bits per heavy atom. The van der Waals surface area contributed by atoms with Gasteiger partial charge in [0.2, 0.25) is 5.91 Å². The highest BCUT2D eigenvalue weighted by Crippen LogP contribution is 2.23. The lowest BCUT2D eigenvalue weighted by Crippen LogP contribution is -2.54. The van der Waals surface area contributed by atoms with Gasteiger partial charge >= 0.3 is 0 Å². The fourth-order valence-corrected chi connectivity index (χ4v) is 2.96. The van der Waals surface area contributed by atoms with Crippen molar-refractivity contribution in [2.24, 2.45) is 5.92 Å². The van der Waals surface area contributed by atoms with Crippen LogP contribution in [0.15, 0.2) is 30.3 Å². The zero-order valence-electron chi connectivity index (χ0n) is 14.3. The summed E-state index contributed by atoms with van der Waals surface area (Å²) < 4.78 is 12.8. The molecule has 126 valence electrons. The van der Waals surface area contributed by atoms with E-state index in [0.717, 1.165) is 24.6 Å². The van der Waals surface area contributed by atoms with Gasteiger partial charge in [0.15, 0.2) is 0 Å². The van der Waals surface area contributed by atoms with E-state index in [-0.39, 0.29) is 17.3 Å². The SMILES string of the molecule is CC1CCCN(C(C)(C)CNC(=O)/C=C/c2ccc(F)cc2)C1. The number of carbonyl (C=O) groups is 1. The van der Waals surface area contributed by atoms with E-state index >= 15 is 0 Å². The van der Waals surface area contributed by atoms with Crippen molar-refractivity contribution in [3.05, 3.63) is 41.7 Å². The predicted molar refractivity (Wildman–Crippen MR) is 92.5 cm³/mol.